The zero-order valence-corrected chi connectivity index (χ0v) is 15.2. The molecule has 1 aromatic heterocycles. The summed E-state index contributed by atoms with van der Waals surface area (Å²) in [6.07, 6.45) is 7.56. The number of nitrogens with zero attached hydrogens (tertiary/aromatic N) is 2. The second kappa shape index (κ2) is 9.11. The van der Waals surface area contributed by atoms with Crippen molar-refractivity contribution in [3.8, 4) is 0 Å². The van der Waals surface area contributed by atoms with Crippen molar-refractivity contribution in [2.45, 2.75) is 63.1 Å². The number of hydrogen-bond acceptors (Lipinski definition) is 4. The molecule has 1 aliphatic rings. The Morgan fingerprint density at radius 1 is 1.33 bits per heavy atom. The Morgan fingerprint density at radius 3 is 2.86 bits per heavy atom. The van der Waals surface area contributed by atoms with E-state index >= 15 is 0 Å². The van der Waals surface area contributed by atoms with Gasteiger partial charge in [0.25, 0.3) is 0 Å². The molecule has 1 aliphatic heterocycles. The number of rotatable bonds is 8. The normalized spacial score (nSPS) is 24.1. The molecule has 1 N–H and O–H groups in total. The van der Waals surface area contributed by atoms with Crippen molar-refractivity contribution in [3.05, 3.63) is 18.2 Å². The van der Waals surface area contributed by atoms with Gasteiger partial charge >= 0.3 is 0 Å². The van der Waals surface area contributed by atoms with E-state index in [2.05, 4.69) is 65.4 Å². The van der Waals surface area contributed by atoms with Gasteiger partial charge in [-0.25, -0.2) is 4.98 Å². The molecule has 120 valence electrons. The van der Waals surface area contributed by atoms with Gasteiger partial charge in [0.15, 0.2) is 0 Å². The smallest absolute Gasteiger partial charge is 0.110 e. The molecule has 0 aromatic carbocycles. The van der Waals surface area contributed by atoms with Crippen molar-refractivity contribution in [2.75, 3.05) is 18.1 Å². The van der Waals surface area contributed by atoms with E-state index in [9.17, 15) is 0 Å². The summed E-state index contributed by atoms with van der Waals surface area (Å²) in [6.45, 7) is 8.90. The third-order valence-electron chi connectivity index (χ3n) is 4.09. The minimum Gasteiger partial charge on any atom is -0.335 e. The Balaban J connectivity index is 2.09. The molecule has 3 unspecified atom stereocenters. The molecule has 2 rings (SSSR count). The van der Waals surface area contributed by atoms with Crippen LogP contribution in [0.4, 0.5) is 0 Å². The van der Waals surface area contributed by atoms with E-state index in [0.29, 0.717) is 11.3 Å². The summed E-state index contributed by atoms with van der Waals surface area (Å²) in [5.41, 5.74) is 0. The van der Waals surface area contributed by atoms with Crippen LogP contribution in [0, 0.1) is 0 Å². The van der Waals surface area contributed by atoms with Gasteiger partial charge in [-0.3, -0.25) is 0 Å². The molecule has 2 heterocycles. The second-order valence-electron chi connectivity index (χ2n) is 5.55. The molecule has 1 saturated heterocycles. The van der Waals surface area contributed by atoms with Crippen molar-refractivity contribution in [1.29, 1.82) is 0 Å². The van der Waals surface area contributed by atoms with E-state index < -0.39 is 0 Å². The van der Waals surface area contributed by atoms with Gasteiger partial charge in [-0.2, -0.15) is 23.5 Å². The molecular weight excluding hydrogens is 298 g/mol. The zero-order chi connectivity index (χ0) is 15.1. The van der Waals surface area contributed by atoms with Crippen LogP contribution in [0.25, 0.3) is 0 Å². The lowest BCUT2D eigenvalue weighted by Crippen LogP contribution is -2.47. The first kappa shape index (κ1) is 17.2. The van der Waals surface area contributed by atoms with E-state index in [4.69, 9.17) is 0 Å². The first-order chi connectivity index (χ1) is 10.3. The third kappa shape index (κ3) is 4.67. The quantitative estimate of drug-likeness (QED) is 0.792. The molecule has 1 fully saturated rings. The monoisotopic (exact) mass is 327 g/mol. The fourth-order valence-electron chi connectivity index (χ4n) is 2.96. The minimum atomic E-state index is 0.542. The van der Waals surface area contributed by atoms with Crippen LogP contribution in [0.3, 0.4) is 0 Å². The van der Waals surface area contributed by atoms with E-state index in [1.165, 1.54) is 30.2 Å². The molecule has 0 aliphatic carbocycles. The van der Waals surface area contributed by atoms with Crippen LogP contribution in [0.2, 0.25) is 0 Å². The van der Waals surface area contributed by atoms with Crippen LogP contribution in [-0.4, -0.2) is 44.1 Å². The molecular formula is C16H29N3S2. The van der Waals surface area contributed by atoms with Gasteiger partial charge in [0.2, 0.25) is 0 Å². The van der Waals surface area contributed by atoms with Crippen molar-refractivity contribution in [1.82, 2.24) is 14.9 Å². The maximum absolute atomic E-state index is 4.59. The molecule has 0 amide bonds. The van der Waals surface area contributed by atoms with Gasteiger partial charge in [-0.05, 0) is 26.3 Å². The van der Waals surface area contributed by atoms with Crippen LogP contribution in [-0.2, 0) is 13.0 Å². The minimum absolute atomic E-state index is 0.542. The highest BCUT2D eigenvalue weighted by molar-refractivity contribution is 8.07. The molecule has 3 atom stereocenters. The Kier molecular flexibility index (Phi) is 7.47. The summed E-state index contributed by atoms with van der Waals surface area (Å²) in [5.74, 6) is 3.83. The summed E-state index contributed by atoms with van der Waals surface area (Å²) in [7, 11) is 0. The molecule has 0 spiro atoms. The van der Waals surface area contributed by atoms with Crippen LogP contribution >= 0.6 is 23.5 Å². The predicted octanol–water partition coefficient (Wildman–Crippen LogP) is 3.44. The van der Waals surface area contributed by atoms with Gasteiger partial charge in [0, 0.05) is 53.4 Å². The lowest BCUT2D eigenvalue weighted by Gasteiger charge is -2.36. The highest BCUT2D eigenvalue weighted by atomic mass is 32.2. The second-order valence-corrected chi connectivity index (χ2v) is 8.18. The van der Waals surface area contributed by atoms with Crippen LogP contribution in [0.5, 0.6) is 0 Å². The topological polar surface area (TPSA) is 29.9 Å². The molecule has 1 aromatic rings. The highest BCUT2D eigenvalue weighted by Crippen LogP contribution is 2.36. The molecule has 3 nitrogen and oxygen atoms in total. The molecule has 5 heteroatoms. The Bertz CT molecular complexity index is 408. The molecule has 0 radical (unpaired) electrons. The Labute approximate surface area is 138 Å². The van der Waals surface area contributed by atoms with Gasteiger partial charge < -0.3 is 9.88 Å². The number of nitrogens with one attached hydrogen (secondary N) is 1. The lowest BCUT2D eigenvalue weighted by atomic mass is 10.0. The van der Waals surface area contributed by atoms with Gasteiger partial charge in [0.1, 0.15) is 5.82 Å². The molecule has 0 bridgehead atoms. The van der Waals surface area contributed by atoms with Gasteiger partial charge in [-0.1, -0.05) is 13.8 Å². The van der Waals surface area contributed by atoms with Crippen LogP contribution in [0.1, 0.15) is 39.4 Å². The first-order valence-corrected chi connectivity index (χ1v) is 10.4. The number of thioether (sulfide) groups is 2. The summed E-state index contributed by atoms with van der Waals surface area (Å²) >= 11 is 4.34. The maximum Gasteiger partial charge on any atom is 0.110 e. The average Bonchev–Trinajstić information content (AvgIpc) is 2.98. The fourth-order valence-corrected chi connectivity index (χ4v) is 6.22. The summed E-state index contributed by atoms with van der Waals surface area (Å²) in [6, 6.07) is 0.542. The Morgan fingerprint density at radius 2 is 2.14 bits per heavy atom. The van der Waals surface area contributed by atoms with E-state index in [-0.39, 0.29) is 0 Å². The summed E-state index contributed by atoms with van der Waals surface area (Å²) in [5, 5.41) is 5.30. The lowest BCUT2D eigenvalue weighted by molar-refractivity contribution is 0.462. The maximum atomic E-state index is 4.59. The Hall–Kier alpha value is -0.130. The van der Waals surface area contributed by atoms with Crippen molar-refractivity contribution in [3.63, 3.8) is 0 Å². The van der Waals surface area contributed by atoms with E-state index in [1.807, 2.05) is 6.20 Å². The largest absolute Gasteiger partial charge is 0.335 e. The number of imidazole rings is 1. The van der Waals surface area contributed by atoms with E-state index in [0.717, 1.165) is 24.8 Å². The highest BCUT2D eigenvalue weighted by Gasteiger charge is 2.32. The summed E-state index contributed by atoms with van der Waals surface area (Å²) in [4.78, 5) is 4.59. The first-order valence-electron chi connectivity index (χ1n) is 8.26. The van der Waals surface area contributed by atoms with Crippen molar-refractivity contribution in [2.24, 2.45) is 0 Å². The van der Waals surface area contributed by atoms with Crippen molar-refractivity contribution < 1.29 is 0 Å². The standard InChI is InChI=1S/C16H29N3S2/c1-4-7-17-13(12-15-18-8-9-19(15)6-3)16-14(5-2)20-10-11-21-16/h8-9,13-14,16-17H,4-7,10-12H2,1-3H3. The van der Waals surface area contributed by atoms with E-state index in [1.54, 1.807) is 0 Å². The fraction of sp³-hybridized carbons (Fsp3) is 0.812. The SMILES string of the molecule is CCCNC(Cc1nccn1CC)C1SCCSC1CC. The van der Waals surface area contributed by atoms with Crippen LogP contribution < -0.4 is 5.32 Å². The average molecular weight is 328 g/mol. The third-order valence-corrected chi connectivity index (χ3v) is 7.50. The zero-order valence-electron chi connectivity index (χ0n) is 13.5. The molecule has 0 saturated carbocycles. The molecule has 21 heavy (non-hydrogen) atoms. The predicted molar refractivity (Wildman–Crippen MR) is 96.5 cm³/mol. The summed E-state index contributed by atoms with van der Waals surface area (Å²) < 4.78 is 2.28. The number of aryl methyl sites for hydroxylation is 1. The van der Waals surface area contributed by atoms with Gasteiger partial charge in [-0.15, -0.1) is 0 Å². The van der Waals surface area contributed by atoms with Gasteiger partial charge in [0.05, 0.1) is 0 Å². The number of hydrogen-bond donors (Lipinski definition) is 1. The van der Waals surface area contributed by atoms with Crippen LogP contribution in [0.15, 0.2) is 12.4 Å². The number of aromatic nitrogens is 2. The van der Waals surface area contributed by atoms with Crippen molar-refractivity contribution >= 4 is 23.5 Å².